The van der Waals surface area contributed by atoms with Crippen LogP contribution < -0.4 is 0 Å². The van der Waals surface area contributed by atoms with Crippen LogP contribution in [0.2, 0.25) is 0 Å². The van der Waals surface area contributed by atoms with Gasteiger partial charge in [-0.2, -0.15) is 0 Å². The first-order valence-electron chi connectivity index (χ1n) is 8.18. The Hall–Kier alpha value is -0.456. The van der Waals surface area contributed by atoms with Crippen molar-refractivity contribution in [1.82, 2.24) is 0 Å². The normalized spacial score (nSPS) is 26.5. The van der Waals surface area contributed by atoms with Gasteiger partial charge in [-0.05, 0) is 0 Å². The van der Waals surface area contributed by atoms with Gasteiger partial charge in [-0.25, -0.2) is 0 Å². The van der Waals surface area contributed by atoms with Gasteiger partial charge >= 0.3 is 137 Å². The number of rotatable bonds is 2. The van der Waals surface area contributed by atoms with Crippen LogP contribution in [0.4, 0.5) is 0 Å². The topological polar surface area (TPSA) is 0 Å². The first-order valence-corrected chi connectivity index (χ1v) is 10.6. The van der Waals surface area contributed by atoms with E-state index in [1.807, 2.05) is 0 Å². The Morgan fingerprint density at radius 3 is 1.19 bits per heavy atom. The summed E-state index contributed by atoms with van der Waals surface area (Å²) in [7, 11) is 0. The molecule has 0 nitrogen and oxygen atoms in total. The van der Waals surface area contributed by atoms with E-state index in [2.05, 4.69) is 66.6 Å². The molecule has 2 aliphatic rings. The van der Waals surface area contributed by atoms with Crippen LogP contribution in [0.1, 0.15) is 62.3 Å². The number of hydrogen-bond donors (Lipinski definition) is 0. The molecule has 0 radical (unpaired) electrons. The molecule has 0 amide bonds. The summed E-state index contributed by atoms with van der Waals surface area (Å²) in [4.78, 5) is 0. The predicted molar refractivity (Wildman–Crippen MR) is 92.2 cm³/mol. The molecule has 1 heteroatoms. The number of hydrogen-bond acceptors (Lipinski definition) is 0. The Morgan fingerprint density at radius 2 is 1.00 bits per heavy atom. The van der Waals surface area contributed by atoms with Crippen LogP contribution in [0.25, 0.3) is 0 Å². The van der Waals surface area contributed by atoms with E-state index in [-0.39, 0.29) is 0 Å². The van der Waals surface area contributed by atoms with Crippen molar-refractivity contribution in [2.45, 2.75) is 62.3 Å². The maximum absolute atomic E-state index is 2.59. The molecular weight excluding hydrogens is 288 g/mol. The molecule has 2 unspecified atom stereocenters. The van der Waals surface area contributed by atoms with Crippen LogP contribution in [0, 0.1) is 11.8 Å². The molecule has 0 spiro atoms. The molecule has 21 heavy (non-hydrogen) atoms. The summed E-state index contributed by atoms with van der Waals surface area (Å²) < 4.78 is 6.19. The predicted octanol–water partition coefficient (Wildman–Crippen LogP) is 5.95. The average Bonchev–Trinajstić information content (AvgIpc) is 2.77. The fourth-order valence-electron chi connectivity index (χ4n) is 4.05. The molecule has 2 rings (SSSR count). The van der Waals surface area contributed by atoms with E-state index >= 15 is 0 Å². The molecule has 0 saturated heterocycles. The molecule has 0 aromatic carbocycles. The summed E-state index contributed by atoms with van der Waals surface area (Å²) in [6, 6.07) is 0. The first kappa shape index (κ1) is 16.9. The van der Waals surface area contributed by atoms with Crippen molar-refractivity contribution in [1.29, 1.82) is 0 Å². The van der Waals surface area contributed by atoms with E-state index in [1.54, 1.807) is 41.2 Å². The summed E-state index contributed by atoms with van der Waals surface area (Å²) >= 11 is -1.48. The van der Waals surface area contributed by atoms with E-state index < -0.39 is 17.4 Å². The summed E-state index contributed by atoms with van der Waals surface area (Å²) in [5, 5.41) is 0. The third-order valence-corrected chi connectivity index (χ3v) is 11.4. The van der Waals surface area contributed by atoms with Crippen molar-refractivity contribution in [2.24, 2.45) is 11.8 Å². The fourth-order valence-corrected chi connectivity index (χ4v) is 9.46. The zero-order valence-corrected chi connectivity index (χ0v) is 16.8. The van der Waals surface area contributed by atoms with Gasteiger partial charge in [0.15, 0.2) is 0 Å². The molecule has 0 aromatic heterocycles. The minimum atomic E-state index is -1.48. The van der Waals surface area contributed by atoms with Gasteiger partial charge in [0.1, 0.15) is 0 Å². The third-order valence-electron chi connectivity index (χ3n) is 6.15. The van der Waals surface area contributed by atoms with E-state index in [1.165, 1.54) is 0 Å². The summed E-state index contributed by atoms with van der Waals surface area (Å²) in [5.41, 5.74) is 9.49. The first-order chi connectivity index (χ1) is 9.73. The van der Waals surface area contributed by atoms with Gasteiger partial charge in [0.2, 0.25) is 0 Å². The van der Waals surface area contributed by atoms with Crippen molar-refractivity contribution in [3.63, 3.8) is 0 Å². The zero-order valence-electron chi connectivity index (χ0n) is 15.2. The maximum atomic E-state index is 2.59. The van der Waals surface area contributed by atoms with Crippen LogP contribution in [0.3, 0.4) is 0 Å². The van der Waals surface area contributed by atoms with Gasteiger partial charge in [0.25, 0.3) is 0 Å². The molecule has 2 atom stereocenters. The van der Waals surface area contributed by atoms with E-state index in [0.717, 1.165) is 0 Å². The Balaban J connectivity index is 2.56. The molecule has 114 valence electrons. The fraction of sp³-hybridized carbons (Fsp3) is 0.550. The van der Waals surface area contributed by atoms with E-state index in [0.29, 0.717) is 11.8 Å². The molecule has 0 saturated carbocycles. The van der Waals surface area contributed by atoms with Gasteiger partial charge in [0.05, 0.1) is 0 Å². The zero-order chi connectivity index (χ0) is 16.1. The second-order valence-corrected chi connectivity index (χ2v) is 10.7. The van der Waals surface area contributed by atoms with Gasteiger partial charge in [-0.1, -0.05) is 0 Å². The molecule has 0 aromatic rings. The minimum absolute atomic E-state index is 0.657. The van der Waals surface area contributed by atoms with Gasteiger partial charge in [0, 0.05) is 0 Å². The van der Waals surface area contributed by atoms with E-state index in [4.69, 9.17) is 0 Å². The van der Waals surface area contributed by atoms with Crippen molar-refractivity contribution in [3.05, 3.63) is 41.2 Å². The SMILES string of the molecule is C[CH]=[Ti]([C]1=C(C)C(C)=C(C)C1C)[C]1=C(C)C(C)=C(C)C1C. The monoisotopic (exact) mass is 318 g/mol. The number of allylic oxidation sites excluding steroid dienone is 8. The van der Waals surface area contributed by atoms with Crippen molar-refractivity contribution >= 4 is 4.31 Å². The molecular formula is C20H30Ti. The molecule has 0 aliphatic heterocycles. The van der Waals surface area contributed by atoms with E-state index in [9.17, 15) is 0 Å². The Morgan fingerprint density at radius 1 is 0.667 bits per heavy atom. The quantitative estimate of drug-likeness (QED) is 0.552. The summed E-state index contributed by atoms with van der Waals surface area (Å²) in [6.45, 7) is 21.1. The molecule has 0 fully saturated rings. The standard InChI is InChI=1S/2C9H13.C2H4.Ti/c2*1-6-5-7(2)9(4)8(6)3;1-2;/h2*6H,1-4H3;1H,2H3;. The van der Waals surface area contributed by atoms with Crippen molar-refractivity contribution in [2.75, 3.05) is 0 Å². The third kappa shape index (κ3) is 2.45. The Kier molecular flexibility index (Phi) is 4.81. The van der Waals surface area contributed by atoms with Crippen LogP contribution in [-0.2, 0) is 17.4 Å². The Bertz CT molecular complexity index is 593. The van der Waals surface area contributed by atoms with Gasteiger partial charge < -0.3 is 0 Å². The van der Waals surface area contributed by atoms with Crippen LogP contribution in [-0.4, -0.2) is 4.31 Å². The molecule has 0 heterocycles. The van der Waals surface area contributed by atoms with Crippen LogP contribution in [0.15, 0.2) is 41.2 Å². The second kappa shape index (κ2) is 5.97. The Labute approximate surface area is 137 Å². The summed E-state index contributed by atoms with van der Waals surface area (Å²) in [6.07, 6.45) is 0. The van der Waals surface area contributed by atoms with Crippen molar-refractivity contribution in [3.8, 4) is 0 Å². The second-order valence-electron chi connectivity index (χ2n) is 6.84. The molecule has 2 aliphatic carbocycles. The summed E-state index contributed by atoms with van der Waals surface area (Å²) in [5.74, 6) is 1.31. The molecule has 0 N–H and O–H groups in total. The van der Waals surface area contributed by atoms with Crippen LogP contribution >= 0.6 is 0 Å². The average molecular weight is 318 g/mol. The van der Waals surface area contributed by atoms with Crippen LogP contribution in [0.5, 0.6) is 0 Å². The van der Waals surface area contributed by atoms with Gasteiger partial charge in [-0.15, -0.1) is 0 Å². The van der Waals surface area contributed by atoms with Crippen molar-refractivity contribution < 1.29 is 17.4 Å². The van der Waals surface area contributed by atoms with Gasteiger partial charge in [-0.3, -0.25) is 0 Å². The molecule has 0 bridgehead atoms.